The van der Waals surface area contributed by atoms with Crippen molar-refractivity contribution in [1.29, 1.82) is 0 Å². The van der Waals surface area contributed by atoms with Crippen molar-refractivity contribution < 1.29 is 4.92 Å². The van der Waals surface area contributed by atoms with Gasteiger partial charge in [-0.15, -0.1) is 0 Å². The molecule has 0 aliphatic heterocycles. The molecule has 1 aromatic carbocycles. The molecule has 1 heterocycles. The molecule has 6 nitrogen and oxygen atoms in total. The third-order valence-electron chi connectivity index (χ3n) is 2.93. The molecule has 0 atom stereocenters. The zero-order chi connectivity index (χ0) is 14.4. The second-order valence-corrected chi connectivity index (χ2v) is 4.64. The van der Waals surface area contributed by atoms with Gasteiger partial charge in [0, 0.05) is 31.4 Å². The van der Waals surface area contributed by atoms with Crippen LogP contribution < -0.4 is 5.32 Å². The Hall–Kier alpha value is -2.21. The summed E-state index contributed by atoms with van der Waals surface area (Å²) in [5, 5.41) is 13.9. The fraction of sp³-hybridized carbons (Fsp3) is 0.357. The van der Waals surface area contributed by atoms with Crippen LogP contribution in [-0.2, 0) is 13.1 Å². The third kappa shape index (κ3) is 3.89. The molecule has 0 amide bonds. The molecule has 20 heavy (non-hydrogen) atoms. The average molecular weight is 274 g/mol. The maximum atomic E-state index is 10.6. The van der Waals surface area contributed by atoms with E-state index < -0.39 is 4.92 Å². The van der Waals surface area contributed by atoms with Crippen molar-refractivity contribution in [2.24, 2.45) is 0 Å². The molecule has 6 heteroatoms. The lowest BCUT2D eigenvalue weighted by atomic mass is 10.2. The quantitative estimate of drug-likeness (QED) is 0.478. The van der Waals surface area contributed by atoms with Gasteiger partial charge in [0.2, 0.25) is 0 Å². The van der Waals surface area contributed by atoms with Gasteiger partial charge in [-0.25, -0.2) is 4.98 Å². The lowest BCUT2D eigenvalue weighted by Gasteiger charge is -2.02. The van der Waals surface area contributed by atoms with Gasteiger partial charge >= 0.3 is 0 Å². The molecule has 0 saturated carbocycles. The maximum Gasteiger partial charge on any atom is 0.269 e. The van der Waals surface area contributed by atoms with Crippen molar-refractivity contribution >= 4 is 5.69 Å². The highest BCUT2D eigenvalue weighted by molar-refractivity contribution is 5.32. The van der Waals surface area contributed by atoms with E-state index in [9.17, 15) is 10.1 Å². The van der Waals surface area contributed by atoms with E-state index in [0.717, 1.165) is 30.8 Å². The Bertz CT molecular complexity index is 563. The minimum Gasteiger partial charge on any atom is -0.333 e. The molecule has 106 valence electrons. The fourth-order valence-corrected chi connectivity index (χ4v) is 1.91. The van der Waals surface area contributed by atoms with Gasteiger partial charge in [0.05, 0.1) is 16.9 Å². The van der Waals surface area contributed by atoms with Gasteiger partial charge in [0.1, 0.15) is 0 Å². The van der Waals surface area contributed by atoms with Crippen LogP contribution in [0.1, 0.15) is 24.6 Å². The van der Waals surface area contributed by atoms with Crippen LogP contribution in [0.5, 0.6) is 0 Å². The van der Waals surface area contributed by atoms with Gasteiger partial charge in [-0.2, -0.15) is 0 Å². The van der Waals surface area contributed by atoms with Gasteiger partial charge in [-0.1, -0.05) is 19.1 Å². The molecule has 1 aromatic heterocycles. The topological polar surface area (TPSA) is 73.0 Å². The molecule has 0 bridgehead atoms. The zero-order valence-corrected chi connectivity index (χ0v) is 11.5. The summed E-state index contributed by atoms with van der Waals surface area (Å²) >= 11 is 0. The van der Waals surface area contributed by atoms with E-state index in [1.807, 2.05) is 10.8 Å². The van der Waals surface area contributed by atoms with Crippen LogP contribution >= 0.6 is 0 Å². The Morgan fingerprint density at radius 1 is 1.35 bits per heavy atom. The Labute approximate surface area is 117 Å². The number of imidazole rings is 1. The number of rotatable bonds is 7. The van der Waals surface area contributed by atoms with Crippen LogP contribution in [-0.4, -0.2) is 21.0 Å². The van der Waals surface area contributed by atoms with Crippen LogP contribution in [0.25, 0.3) is 0 Å². The predicted octanol–water partition coefficient (Wildman–Crippen LogP) is 2.34. The first kappa shape index (κ1) is 14.2. The molecule has 0 aliphatic carbocycles. The number of hydrogen-bond donors (Lipinski definition) is 1. The number of hydrogen-bond acceptors (Lipinski definition) is 4. The first-order valence-electron chi connectivity index (χ1n) is 6.63. The highest BCUT2D eigenvalue weighted by Crippen LogP contribution is 2.13. The zero-order valence-electron chi connectivity index (χ0n) is 11.5. The Balaban J connectivity index is 1.94. The monoisotopic (exact) mass is 274 g/mol. The van der Waals surface area contributed by atoms with Crippen molar-refractivity contribution in [2.75, 3.05) is 6.54 Å². The van der Waals surface area contributed by atoms with Crippen LogP contribution in [0.3, 0.4) is 0 Å². The molecular formula is C14H18N4O2. The first-order valence-corrected chi connectivity index (χ1v) is 6.63. The largest absolute Gasteiger partial charge is 0.333 e. The predicted molar refractivity (Wildman–Crippen MR) is 76.4 cm³/mol. The molecule has 0 unspecified atom stereocenters. The maximum absolute atomic E-state index is 10.6. The number of nitrogens with zero attached hydrogens (tertiary/aromatic N) is 3. The number of nitrogens with one attached hydrogen (secondary N) is 1. The second-order valence-electron chi connectivity index (χ2n) is 4.64. The van der Waals surface area contributed by atoms with E-state index in [1.165, 1.54) is 12.1 Å². The normalized spacial score (nSPS) is 10.7. The summed E-state index contributed by atoms with van der Waals surface area (Å²) < 4.78 is 1.98. The van der Waals surface area contributed by atoms with Crippen LogP contribution in [0, 0.1) is 10.1 Å². The Kier molecular flexibility index (Phi) is 4.84. The van der Waals surface area contributed by atoms with Gasteiger partial charge in [-0.3, -0.25) is 10.1 Å². The van der Waals surface area contributed by atoms with Crippen LogP contribution in [0.2, 0.25) is 0 Å². The van der Waals surface area contributed by atoms with E-state index in [2.05, 4.69) is 17.2 Å². The molecule has 0 fully saturated rings. The SMILES string of the molecule is CCCNCc1cn(Cc2ccc([N+](=O)[O-])cc2)cn1. The highest BCUT2D eigenvalue weighted by Gasteiger charge is 2.04. The molecule has 0 saturated heterocycles. The summed E-state index contributed by atoms with van der Waals surface area (Å²) in [7, 11) is 0. The second kappa shape index (κ2) is 6.81. The average Bonchev–Trinajstić information content (AvgIpc) is 2.87. The van der Waals surface area contributed by atoms with Gasteiger partial charge < -0.3 is 9.88 Å². The molecular weight excluding hydrogens is 256 g/mol. The molecule has 2 rings (SSSR count). The van der Waals surface area contributed by atoms with Gasteiger partial charge in [-0.05, 0) is 18.5 Å². The Morgan fingerprint density at radius 2 is 2.10 bits per heavy atom. The number of aromatic nitrogens is 2. The number of benzene rings is 1. The van der Waals surface area contributed by atoms with E-state index in [1.54, 1.807) is 18.5 Å². The highest BCUT2D eigenvalue weighted by atomic mass is 16.6. The summed E-state index contributed by atoms with van der Waals surface area (Å²) in [5.74, 6) is 0. The summed E-state index contributed by atoms with van der Waals surface area (Å²) in [6.07, 6.45) is 4.87. The summed E-state index contributed by atoms with van der Waals surface area (Å²) in [4.78, 5) is 14.5. The van der Waals surface area contributed by atoms with E-state index in [4.69, 9.17) is 0 Å². The van der Waals surface area contributed by atoms with Crippen LogP contribution in [0.4, 0.5) is 5.69 Å². The standard InChI is InChI=1S/C14H18N4O2/c1-2-7-15-8-13-10-17(11-16-13)9-12-3-5-14(6-4-12)18(19)20/h3-6,10-11,15H,2,7-9H2,1H3. The van der Waals surface area contributed by atoms with Crippen molar-refractivity contribution in [3.05, 3.63) is 58.2 Å². The smallest absolute Gasteiger partial charge is 0.269 e. The van der Waals surface area contributed by atoms with Crippen molar-refractivity contribution in [1.82, 2.24) is 14.9 Å². The van der Waals surface area contributed by atoms with Gasteiger partial charge in [0.25, 0.3) is 5.69 Å². The van der Waals surface area contributed by atoms with Crippen molar-refractivity contribution in [2.45, 2.75) is 26.4 Å². The van der Waals surface area contributed by atoms with Gasteiger partial charge in [0.15, 0.2) is 0 Å². The minimum atomic E-state index is -0.390. The fourth-order valence-electron chi connectivity index (χ4n) is 1.91. The summed E-state index contributed by atoms with van der Waals surface area (Å²) in [6.45, 7) is 4.54. The van der Waals surface area contributed by atoms with Crippen molar-refractivity contribution in [3.63, 3.8) is 0 Å². The lowest BCUT2D eigenvalue weighted by Crippen LogP contribution is -2.13. The molecule has 0 radical (unpaired) electrons. The summed E-state index contributed by atoms with van der Waals surface area (Å²) in [6, 6.07) is 6.59. The molecule has 0 spiro atoms. The van der Waals surface area contributed by atoms with E-state index >= 15 is 0 Å². The first-order chi connectivity index (χ1) is 9.69. The van der Waals surface area contributed by atoms with E-state index in [0.29, 0.717) is 6.54 Å². The number of non-ortho nitro benzene ring substituents is 1. The molecule has 0 aliphatic rings. The minimum absolute atomic E-state index is 0.115. The van der Waals surface area contributed by atoms with Crippen LogP contribution in [0.15, 0.2) is 36.8 Å². The third-order valence-corrected chi connectivity index (χ3v) is 2.93. The van der Waals surface area contributed by atoms with Crippen molar-refractivity contribution in [3.8, 4) is 0 Å². The number of nitro groups is 1. The molecule has 1 N–H and O–H groups in total. The lowest BCUT2D eigenvalue weighted by molar-refractivity contribution is -0.384. The Morgan fingerprint density at radius 3 is 2.75 bits per heavy atom. The van der Waals surface area contributed by atoms with E-state index in [-0.39, 0.29) is 5.69 Å². The number of nitro benzene ring substituents is 1. The summed E-state index contributed by atoms with van der Waals surface area (Å²) in [5.41, 5.74) is 2.13. The molecule has 2 aromatic rings.